The van der Waals surface area contributed by atoms with Crippen molar-refractivity contribution < 1.29 is 5.11 Å². The van der Waals surface area contributed by atoms with Crippen molar-refractivity contribution in [1.29, 1.82) is 0 Å². The summed E-state index contributed by atoms with van der Waals surface area (Å²) in [5, 5.41) is 14.5. The molecule has 1 aromatic heterocycles. The average Bonchev–Trinajstić information content (AvgIpc) is 2.58. The number of hydrogen-bond donors (Lipinski definition) is 1. The van der Waals surface area contributed by atoms with Crippen LogP contribution < -0.4 is 0 Å². The fourth-order valence-corrected chi connectivity index (χ4v) is 1.80. The van der Waals surface area contributed by atoms with Gasteiger partial charge in [-0.05, 0) is 20.8 Å². The van der Waals surface area contributed by atoms with Gasteiger partial charge in [0.15, 0.2) is 5.75 Å². The van der Waals surface area contributed by atoms with Crippen molar-refractivity contribution in [2.24, 2.45) is 0 Å². The highest BCUT2D eigenvalue weighted by atomic mass is 16.3. The van der Waals surface area contributed by atoms with Gasteiger partial charge in [-0.15, -0.1) is 0 Å². The lowest BCUT2D eigenvalue weighted by Gasteiger charge is -2.06. The van der Waals surface area contributed by atoms with Crippen LogP contribution in [-0.2, 0) is 0 Å². The quantitative estimate of drug-likeness (QED) is 0.837. The van der Waals surface area contributed by atoms with Crippen LogP contribution in [0.2, 0.25) is 0 Å². The number of aromatic nitrogens is 2. The molecule has 84 valence electrons. The molecule has 0 aliphatic heterocycles. The highest BCUT2D eigenvalue weighted by Crippen LogP contribution is 2.32. The second kappa shape index (κ2) is 4.00. The highest BCUT2D eigenvalue weighted by Gasteiger charge is 2.16. The van der Waals surface area contributed by atoms with E-state index < -0.39 is 0 Å². The molecule has 0 fully saturated rings. The Kier molecular flexibility index (Phi) is 2.69. The Bertz CT molecular complexity index is 486. The summed E-state index contributed by atoms with van der Waals surface area (Å²) in [6, 6.07) is 9.99. The van der Waals surface area contributed by atoms with Crippen molar-refractivity contribution in [3.05, 3.63) is 36.0 Å². The molecule has 0 aliphatic rings. The number of aromatic hydroxyl groups is 1. The molecule has 0 bridgehead atoms. The topological polar surface area (TPSA) is 38.1 Å². The zero-order valence-electron chi connectivity index (χ0n) is 9.81. The minimum absolute atomic E-state index is 0.253. The van der Waals surface area contributed by atoms with Gasteiger partial charge in [-0.25, -0.2) is 0 Å². The van der Waals surface area contributed by atoms with Gasteiger partial charge in [-0.2, -0.15) is 5.10 Å². The van der Waals surface area contributed by atoms with Gasteiger partial charge in [0.1, 0.15) is 5.69 Å². The first-order chi connectivity index (χ1) is 7.61. The van der Waals surface area contributed by atoms with Crippen LogP contribution in [0.25, 0.3) is 11.3 Å². The van der Waals surface area contributed by atoms with Gasteiger partial charge < -0.3 is 5.11 Å². The molecule has 1 aromatic carbocycles. The van der Waals surface area contributed by atoms with E-state index in [2.05, 4.69) is 5.10 Å². The molecule has 0 unspecified atom stereocenters. The maximum absolute atomic E-state index is 10.0. The van der Waals surface area contributed by atoms with Crippen LogP contribution in [-0.4, -0.2) is 14.9 Å². The summed E-state index contributed by atoms with van der Waals surface area (Å²) < 4.78 is 1.84. The van der Waals surface area contributed by atoms with Crippen LogP contribution in [0.5, 0.6) is 5.75 Å². The van der Waals surface area contributed by atoms with Crippen molar-refractivity contribution in [2.45, 2.75) is 26.8 Å². The third kappa shape index (κ3) is 1.69. The number of nitrogens with zero attached hydrogens (tertiary/aromatic N) is 2. The first-order valence-electron chi connectivity index (χ1n) is 5.44. The highest BCUT2D eigenvalue weighted by molar-refractivity contribution is 5.66. The summed E-state index contributed by atoms with van der Waals surface area (Å²) in [7, 11) is 0. The molecule has 0 spiro atoms. The van der Waals surface area contributed by atoms with Crippen LogP contribution in [0, 0.1) is 6.92 Å². The molecule has 0 aliphatic carbocycles. The molecule has 0 saturated carbocycles. The fraction of sp³-hybridized carbons (Fsp3) is 0.308. The zero-order valence-corrected chi connectivity index (χ0v) is 9.81. The molecule has 1 heterocycles. The largest absolute Gasteiger partial charge is 0.504 e. The first-order valence-corrected chi connectivity index (χ1v) is 5.44. The Labute approximate surface area is 95.3 Å². The molecule has 0 amide bonds. The summed E-state index contributed by atoms with van der Waals surface area (Å²) in [6.07, 6.45) is 0. The molecular weight excluding hydrogens is 200 g/mol. The molecular formula is C13H16N2O. The predicted molar refractivity (Wildman–Crippen MR) is 64.4 cm³/mol. The van der Waals surface area contributed by atoms with Crippen molar-refractivity contribution in [2.75, 3.05) is 0 Å². The predicted octanol–water partition coefficient (Wildman–Crippen LogP) is 3.15. The second-order valence-corrected chi connectivity index (χ2v) is 4.19. The summed E-state index contributed by atoms with van der Waals surface area (Å²) in [4.78, 5) is 0. The van der Waals surface area contributed by atoms with Crippen molar-refractivity contribution >= 4 is 0 Å². The smallest absolute Gasteiger partial charge is 0.164 e. The van der Waals surface area contributed by atoms with Gasteiger partial charge >= 0.3 is 0 Å². The third-order valence-corrected chi connectivity index (χ3v) is 2.65. The minimum Gasteiger partial charge on any atom is -0.504 e. The number of rotatable bonds is 2. The van der Waals surface area contributed by atoms with E-state index in [1.54, 1.807) is 0 Å². The zero-order chi connectivity index (χ0) is 11.7. The van der Waals surface area contributed by atoms with Crippen LogP contribution in [0.3, 0.4) is 0 Å². The summed E-state index contributed by atoms with van der Waals surface area (Å²) in [5.74, 6) is 0.278. The first kappa shape index (κ1) is 10.7. The van der Waals surface area contributed by atoms with Gasteiger partial charge in [0.25, 0.3) is 0 Å². The van der Waals surface area contributed by atoms with Gasteiger partial charge in [-0.3, -0.25) is 4.68 Å². The van der Waals surface area contributed by atoms with Crippen LogP contribution >= 0.6 is 0 Å². The summed E-state index contributed by atoms with van der Waals surface area (Å²) >= 11 is 0. The third-order valence-electron chi connectivity index (χ3n) is 2.65. The maximum atomic E-state index is 10.0. The van der Waals surface area contributed by atoms with Crippen molar-refractivity contribution in [1.82, 2.24) is 9.78 Å². The number of benzene rings is 1. The second-order valence-electron chi connectivity index (χ2n) is 4.19. The van der Waals surface area contributed by atoms with Crippen LogP contribution in [0.15, 0.2) is 30.3 Å². The molecule has 0 atom stereocenters. The Morgan fingerprint density at radius 3 is 2.31 bits per heavy atom. The maximum Gasteiger partial charge on any atom is 0.164 e. The van der Waals surface area contributed by atoms with Crippen molar-refractivity contribution in [3.63, 3.8) is 0 Å². The molecule has 3 nitrogen and oxygen atoms in total. The van der Waals surface area contributed by atoms with E-state index in [9.17, 15) is 5.11 Å². The minimum atomic E-state index is 0.253. The summed E-state index contributed by atoms with van der Waals surface area (Å²) in [5.41, 5.74) is 2.42. The van der Waals surface area contributed by atoms with E-state index >= 15 is 0 Å². The molecule has 2 aromatic rings. The van der Waals surface area contributed by atoms with Crippen molar-refractivity contribution in [3.8, 4) is 17.0 Å². The SMILES string of the molecule is Cc1c(O)c(-c2ccccc2)nn1C(C)C. The van der Waals surface area contributed by atoms with E-state index in [0.29, 0.717) is 5.69 Å². The fourth-order valence-electron chi connectivity index (χ4n) is 1.80. The summed E-state index contributed by atoms with van der Waals surface area (Å²) in [6.45, 7) is 5.98. The lowest BCUT2D eigenvalue weighted by Crippen LogP contribution is -2.04. The lowest BCUT2D eigenvalue weighted by molar-refractivity contribution is 0.461. The van der Waals surface area contributed by atoms with E-state index in [1.165, 1.54) is 0 Å². The van der Waals surface area contributed by atoms with Gasteiger partial charge in [0, 0.05) is 11.6 Å². The van der Waals surface area contributed by atoms with Crippen LogP contribution in [0.1, 0.15) is 25.6 Å². The molecule has 0 saturated heterocycles. The normalized spacial score (nSPS) is 11.0. The van der Waals surface area contributed by atoms with E-state index in [1.807, 2.05) is 55.8 Å². The van der Waals surface area contributed by atoms with Crippen LogP contribution in [0.4, 0.5) is 0 Å². The van der Waals surface area contributed by atoms with E-state index in [0.717, 1.165) is 11.3 Å². The Balaban J connectivity index is 2.55. The average molecular weight is 216 g/mol. The monoisotopic (exact) mass is 216 g/mol. The van der Waals surface area contributed by atoms with E-state index in [-0.39, 0.29) is 11.8 Å². The molecule has 0 radical (unpaired) electrons. The number of hydrogen-bond acceptors (Lipinski definition) is 2. The van der Waals surface area contributed by atoms with Gasteiger partial charge in [0.05, 0.1) is 5.69 Å². The standard InChI is InChI=1S/C13H16N2O/c1-9(2)15-10(3)13(16)12(14-15)11-7-5-4-6-8-11/h4-9,16H,1-3H3. The molecule has 2 rings (SSSR count). The Hall–Kier alpha value is -1.77. The van der Waals surface area contributed by atoms with Gasteiger partial charge in [0.2, 0.25) is 0 Å². The molecule has 3 heteroatoms. The van der Waals surface area contributed by atoms with Gasteiger partial charge in [-0.1, -0.05) is 30.3 Å². The Morgan fingerprint density at radius 2 is 1.81 bits per heavy atom. The molecule has 1 N–H and O–H groups in total. The molecule has 16 heavy (non-hydrogen) atoms. The Morgan fingerprint density at radius 1 is 1.19 bits per heavy atom. The lowest BCUT2D eigenvalue weighted by atomic mass is 10.1. The van der Waals surface area contributed by atoms with E-state index in [4.69, 9.17) is 0 Å².